The Hall–Kier alpha value is -2.11. The van der Waals surface area contributed by atoms with Gasteiger partial charge in [0.25, 0.3) is 0 Å². The molecule has 0 saturated heterocycles. The summed E-state index contributed by atoms with van der Waals surface area (Å²) >= 11 is 0. The minimum absolute atomic E-state index is 0.0685. The lowest BCUT2D eigenvalue weighted by Crippen LogP contribution is -2.13. The maximum absolute atomic E-state index is 5.22. The van der Waals surface area contributed by atoms with Gasteiger partial charge >= 0.3 is 0 Å². The van der Waals surface area contributed by atoms with Crippen LogP contribution >= 0.6 is 0 Å². The van der Waals surface area contributed by atoms with Crippen LogP contribution in [-0.4, -0.2) is 22.2 Å². The van der Waals surface area contributed by atoms with Crippen molar-refractivity contribution in [2.75, 3.05) is 17.7 Å². The van der Waals surface area contributed by atoms with E-state index in [2.05, 4.69) is 32.7 Å². The second-order valence-corrected chi connectivity index (χ2v) is 4.95. The summed E-state index contributed by atoms with van der Waals surface area (Å²) in [4.78, 5) is 8.84. The lowest BCUT2D eigenvalue weighted by molar-refractivity contribution is 0.392. The van der Waals surface area contributed by atoms with E-state index in [4.69, 9.17) is 4.52 Å². The van der Waals surface area contributed by atoms with Gasteiger partial charge in [0.1, 0.15) is 23.2 Å². The topological polar surface area (TPSA) is 75.9 Å². The Kier molecular flexibility index (Phi) is 3.92. The van der Waals surface area contributed by atoms with Crippen molar-refractivity contribution in [3.05, 3.63) is 28.4 Å². The molecule has 108 valence electrons. The first-order chi connectivity index (χ1) is 9.43. The van der Waals surface area contributed by atoms with Crippen molar-refractivity contribution in [1.29, 1.82) is 0 Å². The van der Waals surface area contributed by atoms with Gasteiger partial charge in [-0.15, -0.1) is 0 Å². The van der Waals surface area contributed by atoms with Gasteiger partial charge in [0, 0.05) is 18.2 Å². The van der Waals surface area contributed by atoms with Crippen molar-refractivity contribution in [2.24, 2.45) is 0 Å². The van der Waals surface area contributed by atoms with E-state index in [1.165, 1.54) is 0 Å². The molecule has 0 aliphatic heterocycles. The van der Waals surface area contributed by atoms with Crippen LogP contribution in [0.3, 0.4) is 0 Å². The first-order valence-electron chi connectivity index (χ1n) is 6.66. The van der Waals surface area contributed by atoms with Gasteiger partial charge in [-0.1, -0.05) is 5.16 Å². The molecular formula is C14H21N5O. The van der Waals surface area contributed by atoms with Crippen LogP contribution < -0.4 is 10.6 Å². The smallest absolute Gasteiger partial charge is 0.139 e. The second-order valence-electron chi connectivity index (χ2n) is 4.95. The molecule has 2 heterocycles. The minimum Gasteiger partial charge on any atom is -0.373 e. The van der Waals surface area contributed by atoms with Crippen molar-refractivity contribution in [2.45, 2.75) is 40.7 Å². The van der Waals surface area contributed by atoms with E-state index in [0.29, 0.717) is 0 Å². The highest BCUT2D eigenvalue weighted by Gasteiger charge is 2.18. The molecule has 0 amide bonds. The fraction of sp³-hybridized carbons (Fsp3) is 0.500. The second kappa shape index (κ2) is 5.48. The molecule has 2 aromatic rings. The zero-order valence-corrected chi connectivity index (χ0v) is 12.8. The van der Waals surface area contributed by atoms with Gasteiger partial charge in [-0.25, -0.2) is 9.97 Å². The Morgan fingerprint density at radius 2 is 1.70 bits per heavy atom. The molecule has 0 saturated carbocycles. The summed E-state index contributed by atoms with van der Waals surface area (Å²) in [7, 11) is 1.86. The van der Waals surface area contributed by atoms with Crippen LogP contribution in [0.4, 0.5) is 11.6 Å². The molecular weight excluding hydrogens is 254 g/mol. The van der Waals surface area contributed by atoms with Crippen molar-refractivity contribution >= 4 is 11.6 Å². The van der Waals surface area contributed by atoms with E-state index < -0.39 is 0 Å². The summed E-state index contributed by atoms with van der Waals surface area (Å²) in [6, 6.07) is 0.0685. The third-order valence-electron chi connectivity index (χ3n) is 3.37. The largest absolute Gasteiger partial charge is 0.373 e. The van der Waals surface area contributed by atoms with Gasteiger partial charge in [0.15, 0.2) is 0 Å². The van der Waals surface area contributed by atoms with E-state index in [1.807, 2.05) is 34.7 Å². The van der Waals surface area contributed by atoms with Crippen LogP contribution in [0.2, 0.25) is 0 Å². The molecule has 20 heavy (non-hydrogen) atoms. The summed E-state index contributed by atoms with van der Waals surface area (Å²) in [5.74, 6) is 3.23. The third-order valence-corrected chi connectivity index (χ3v) is 3.37. The van der Waals surface area contributed by atoms with Crippen LogP contribution in [0.1, 0.15) is 41.4 Å². The molecule has 1 atom stereocenters. The average molecular weight is 275 g/mol. The first kappa shape index (κ1) is 14.3. The predicted molar refractivity (Wildman–Crippen MR) is 79.1 cm³/mol. The van der Waals surface area contributed by atoms with E-state index in [-0.39, 0.29) is 6.04 Å². The normalized spacial score (nSPS) is 12.3. The number of rotatable bonds is 4. The van der Waals surface area contributed by atoms with Gasteiger partial charge in [-0.05, 0) is 34.6 Å². The molecule has 1 unspecified atom stereocenters. The number of hydrogen-bond acceptors (Lipinski definition) is 6. The number of aryl methyl sites for hydroxylation is 3. The molecule has 0 aliphatic carbocycles. The zero-order valence-electron chi connectivity index (χ0n) is 12.8. The van der Waals surface area contributed by atoms with Crippen LogP contribution in [-0.2, 0) is 0 Å². The minimum atomic E-state index is 0.0685. The summed E-state index contributed by atoms with van der Waals surface area (Å²) < 4.78 is 5.22. The highest BCUT2D eigenvalue weighted by Crippen LogP contribution is 2.27. The maximum atomic E-state index is 5.22. The van der Waals surface area contributed by atoms with Gasteiger partial charge in [0.2, 0.25) is 0 Å². The highest BCUT2D eigenvalue weighted by atomic mass is 16.5. The fourth-order valence-electron chi connectivity index (χ4n) is 2.40. The van der Waals surface area contributed by atoms with Gasteiger partial charge in [0.05, 0.1) is 11.7 Å². The Morgan fingerprint density at radius 3 is 2.25 bits per heavy atom. The van der Waals surface area contributed by atoms with Crippen LogP contribution in [0, 0.1) is 27.7 Å². The Morgan fingerprint density at radius 1 is 1.05 bits per heavy atom. The van der Waals surface area contributed by atoms with Crippen LogP contribution in [0.15, 0.2) is 4.52 Å². The molecule has 0 fully saturated rings. The molecule has 2 aromatic heterocycles. The molecule has 6 heteroatoms. The number of hydrogen-bond donors (Lipinski definition) is 2. The lowest BCUT2D eigenvalue weighted by Gasteiger charge is -2.18. The zero-order chi connectivity index (χ0) is 14.9. The monoisotopic (exact) mass is 275 g/mol. The Labute approximate surface area is 119 Å². The molecule has 0 bridgehead atoms. The van der Waals surface area contributed by atoms with E-state index in [1.54, 1.807) is 0 Å². The lowest BCUT2D eigenvalue weighted by atomic mass is 10.1. The van der Waals surface area contributed by atoms with Gasteiger partial charge in [-0.2, -0.15) is 0 Å². The third kappa shape index (κ3) is 2.59. The van der Waals surface area contributed by atoms with Crippen LogP contribution in [0.5, 0.6) is 0 Å². The molecule has 2 N–H and O–H groups in total. The number of aromatic nitrogens is 3. The molecule has 2 rings (SSSR count). The van der Waals surface area contributed by atoms with Crippen molar-refractivity contribution in [3.63, 3.8) is 0 Å². The van der Waals surface area contributed by atoms with Crippen molar-refractivity contribution < 1.29 is 4.52 Å². The van der Waals surface area contributed by atoms with Crippen LogP contribution in [0.25, 0.3) is 0 Å². The predicted octanol–water partition coefficient (Wildman–Crippen LogP) is 2.91. The van der Waals surface area contributed by atoms with Crippen molar-refractivity contribution in [3.8, 4) is 0 Å². The molecule has 6 nitrogen and oxygen atoms in total. The van der Waals surface area contributed by atoms with Gasteiger partial charge in [-0.3, -0.25) is 0 Å². The summed E-state index contributed by atoms with van der Waals surface area (Å²) in [5.41, 5.74) is 2.98. The first-order valence-corrected chi connectivity index (χ1v) is 6.66. The Bertz CT molecular complexity index is 601. The molecule has 0 radical (unpaired) electrons. The van der Waals surface area contributed by atoms with Gasteiger partial charge < -0.3 is 15.2 Å². The van der Waals surface area contributed by atoms with E-state index in [9.17, 15) is 0 Å². The summed E-state index contributed by atoms with van der Waals surface area (Å²) in [6.45, 7) is 9.81. The van der Waals surface area contributed by atoms with E-state index in [0.717, 1.165) is 40.0 Å². The maximum Gasteiger partial charge on any atom is 0.139 e. The number of nitrogens with zero attached hydrogens (tertiary/aromatic N) is 3. The van der Waals surface area contributed by atoms with Crippen molar-refractivity contribution in [1.82, 2.24) is 15.1 Å². The van der Waals surface area contributed by atoms with E-state index >= 15 is 0 Å². The molecule has 0 aromatic carbocycles. The summed E-state index contributed by atoms with van der Waals surface area (Å²) in [6.07, 6.45) is 0. The Balaban J connectivity index is 2.33. The number of nitrogens with one attached hydrogen (secondary N) is 2. The average Bonchev–Trinajstić information content (AvgIpc) is 2.73. The fourth-order valence-corrected chi connectivity index (χ4v) is 2.40. The summed E-state index contributed by atoms with van der Waals surface area (Å²) in [5, 5.41) is 10.5. The molecule has 0 spiro atoms. The SMILES string of the molecule is CNc1nc(C)nc(NC(C)c2c(C)noc2C)c1C. The highest BCUT2D eigenvalue weighted by molar-refractivity contribution is 5.57. The standard InChI is InChI=1S/C14H21N5O/c1-7-13(15-6)17-11(5)18-14(7)16-8(2)12-9(3)19-20-10(12)4/h8H,1-6H3,(H2,15,16,17,18). The molecule has 0 aliphatic rings. The quantitative estimate of drug-likeness (QED) is 0.893. The number of anilines is 2.